The molecule has 0 aliphatic carbocycles. The lowest BCUT2D eigenvalue weighted by atomic mass is 9.96. The number of ether oxygens (including phenoxy) is 3. The molecule has 1 atom stereocenters. The minimum Gasteiger partial charge on any atom is -0.381 e. The summed E-state index contributed by atoms with van der Waals surface area (Å²) in [6.45, 7) is 6.18. The lowest BCUT2D eigenvalue weighted by molar-refractivity contribution is 0.0168. The average Bonchev–Trinajstić information content (AvgIpc) is 3.13. The first-order valence-corrected chi connectivity index (χ1v) is 9.48. The number of nitrogens with zero attached hydrogens (tertiary/aromatic N) is 2. The van der Waals surface area contributed by atoms with Crippen LogP contribution >= 0.6 is 0 Å². The molecule has 1 unspecified atom stereocenters. The second-order valence-corrected chi connectivity index (χ2v) is 6.80. The van der Waals surface area contributed by atoms with Gasteiger partial charge in [-0.2, -0.15) is 0 Å². The summed E-state index contributed by atoms with van der Waals surface area (Å²) in [4.78, 5) is 6.60. The lowest BCUT2D eigenvalue weighted by Crippen LogP contribution is -2.40. The fraction of sp³-hybridized carbons (Fsp3) is 0.944. The van der Waals surface area contributed by atoms with Gasteiger partial charge in [0.15, 0.2) is 5.96 Å². The zero-order chi connectivity index (χ0) is 17.0. The van der Waals surface area contributed by atoms with Gasteiger partial charge in [0.2, 0.25) is 0 Å². The first-order chi connectivity index (χ1) is 11.8. The third kappa shape index (κ3) is 7.36. The largest absolute Gasteiger partial charge is 0.381 e. The fourth-order valence-electron chi connectivity index (χ4n) is 3.27. The van der Waals surface area contributed by atoms with Gasteiger partial charge < -0.3 is 24.4 Å². The lowest BCUT2D eigenvalue weighted by Gasteiger charge is -2.26. The normalized spacial score (nSPS) is 22.8. The molecule has 2 heterocycles. The van der Waals surface area contributed by atoms with Crippen molar-refractivity contribution >= 4 is 5.96 Å². The van der Waals surface area contributed by atoms with Crippen LogP contribution in [0.25, 0.3) is 0 Å². The molecule has 24 heavy (non-hydrogen) atoms. The maximum absolute atomic E-state index is 5.69. The van der Waals surface area contributed by atoms with Crippen LogP contribution in [0.5, 0.6) is 0 Å². The quantitative estimate of drug-likeness (QED) is 0.394. The van der Waals surface area contributed by atoms with E-state index in [9.17, 15) is 0 Å². The van der Waals surface area contributed by atoms with E-state index in [4.69, 9.17) is 14.2 Å². The summed E-state index contributed by atoms with van der Waals surface area (Å²) in [5, 5.41) is 3.43. The molecule has 2 saturated heterocycles. The standard InChI is InChI=1S/C18H35N3O3/c1-19-18(21(2)10-6-16-7-13-22-14-8-16)20-9-4-11-23-15-17-5-3-12-24-17/h16-17H,3-15H2,1-2H3,(H,19,20). The topological polar surface area (TPSA) is 55.3 Å². The smallest absolute Gasteiger partial charge is 0.193 e. The molecule has 0 spiro atoms. The van der Waals surface area contributed by atoms with Gasteiger partial charge in [0.1, 0.15) is 0 Å². The van der Waals surface area contributed by atoms with Crippen molar-refractivity contribution in [2.75, 3.05) is 60.2 Å². The van der Waals surface area contributed by atoms with Crippen LogP contribution in [0.4, 0.5) is 0 Å². The van der Waals surface area contributed by atoms with Crippen LogP contribution in [0.15, 0.2) is 4.99 Å². The van der Waals surface area contributed by atoms with Crippen LogP contribution in [-0.2, 0) is 14.2 Å². The van der Waals surface area contributed by atoms with Gasteiger partial charge in [0.05, 0.1) is 12.7 Å². The summed E-state index contributed by atoms with van der Waals surface area (Å²) in [6.07, 6.45) is 7.23. The van der Waals surface area contributed by atoms with Crippen molar-refractivity contribution in [2.45, 2.75) is 44.6 Å². The van der Waals surface area contributed by atoms with Crippen molar-refractivity contribution in [3.63, 3.8) is 0 Å². The number of aliphatic imine (C=N–C) groups is 1. The highest BCUT2D eigenvalue weighted by Gasteiger charge is 2.16. The Morgan fingerprint density at radius 3 is 2.79 bits per heavy atom. The molecule has 0 radical (unpaired) electrons. The Morgan fingerprint density at radius 2 is 2.08 bits per heavy atom. The van der Waals surface area contributed by atoms with Crippen molar-refractivity contribution in [1.82, 2.24) is 10.2 Å². The predicted octanol–water partition coefficient (Wildman–Crippen LogP) is 1.90. The molecule has 0 bridgehead atoms. The molecule has 1 N–H and O–H groups in total. The van der Waals surface area contributed by atoms with Gasteiger partial charge in [0, 0.05) is 53.6 Å². The molecule has 2 aliphatic rings. The monoisotopic (exact) mass is 341 g/mol. The first-order valence-electron chi connectivity index (χ1n) is 9.48. The molecular weight excluding hydrogens is 306 g/mol. The van der Waals surface area contributed by atoms with E-state index in [1.807, 2.05) is 7.05 Å². The van der Waals surface area contributed by atoms with Gasteiger partial charge in [-0.15, -0.1) is 0 Å². The average molecular weight is 341 g/mol. The van der Waals surface area contributed by atoms with Crippen LogP contribution in [0.2, 0.25) is 0 Å². The summed E-state index contributed by atoms with van der Waals surface area (Å²) in [7, 11) is 3.96. The number of rotatable bonds is 9. The second kappa shape index (κ2) is 11.7. The third-order valence-electron chi connectivity index (χ3n) is 4.86. The van der Waals surface area contributed by atoms with Gasteiger partial charge in [-0.25, -0.2) is 0 Å². The van der Waals surface area contributed by atoms with Crippen LogP contribution in [0.1, 0.15) is 38.5 Å². The Balaban J connectivity index is 1.50. The van der Waals surface area contributed by atoms with Crippen LogP contribution in [0.3, 0.4) is 0 Å². The molecule has 0 aromatic heterocycles. The number of guanidine groups is 1. The summed E-state index contributed by atoms with van der Waals surface area (Å²) in [6, 6.07) is 0. The zero-order valence-corrected chi connectivity index (χ0v) is 15.5. The van der Waals surface area contributed by atoms with Gasteiger partial charge in [-0.3, -0.25) is 4.99 Å². The van der Waals surface area contributed by atoms with Crippen molar-refractivity contribution in [1.29, 1.82) is 0 Å². The van der Waals surface area contributed by atoms with Crippen molar-refractivity contribution in [2.24, 2.45) is 10.9 Å². The van der Waals surface area contributed by atoms with E-state index in [2.05, 4.69) is 22.3 Å². The minimum absolute atomic E-state index is 0.321. The van der Waals surface area contributed by atoms with Gasteiger partial charge in [-0.1, -0.05) is 0 Å². The van der Waals surface area contributed by atoms with Crippen molar-refractivity contribution in [3.05, 3.63) is 0 Å². The van der Waals surface area contributed by atoms with Gasteiger partial charge in [0.25, 0.3) is 0 Å². The molecule has 6 nitrogen and oxygen atoms in total. The number of hydrogen-bond acceptors (Lipinski definition) is 4. The molecule has 2 aliphatic heterocycles. The van der Waals surface area contributed by atoms with E-state index in [0.717, 1.165) is 70.8 Å². The first kappa shape index (κ1) is 19.5. The van der Waals surface area contributed by atoms with E-state index >= 15 is 0 Å². The summed E-state index contributed by atoms with van der Waals surface area (Å²) >= 11 is 0. The third-order valence-corrected chi connectivity index (χ3v) is 4.86. The zero-order valence-electron chi connectivity index (χ0n) is 15.5. The summed E-state index contributed by atoms with van der Waals surface area (Å²) in [5.41, 5.74) is 0. The summed E-state index contributed by atoms with van der Waals surface area (Å²) in [5.74, 6) is 1.77. The predicted molar refractivity (Wildman–Crippen MR) is 96.6 cm³/mol. The highest BCUT2D eigenvalue weighted by Crippen LogP contribution is 2.18. The van der Waals surface area contributed by atoms with Crippen LogP contribution < -0.4 is 5.32 Å². The SMILES string of the molecule is CN=C(NCCCOCC1CCCO1)N(C)CCC1CCOCC1. The van der Waals surface area contributed by atoms with Crippen molar-refractivity contribution < 1.29 is 14.2 Å². The van der Waals surface area contributed by atoms with Crippen LogP contribution in [-0.4, -0.2) is 77.2 Å². The van der Waals surface area contributed by atoms with Gasteiger partial charge >= 0.3 is 0 Å². The molecule has 0 saturated carbocycles. The fourth-order valence-corrected chi connectivity index (χ4v) is 3.27. The maximum Gasteiger partial charge on any atom is 0.193 e. The molecular formula is C18H35N3O3. The minimum atomic E-state index is 0.321. The van der Waals surface area contributed by atoms with Crippen molar-refractivity contribution in [3.8, 4) is 0 Å². The maximum atomic E-state index is 5.69. The molecule has 140 valence electrons. The van der Waals surface area contributed by atoms with Gasteiger partial charge in [-0.05, 0) is 44.4 Å². The molecule has 2 rings (SSSR count). The van der Waals surface area contributed by atoms with E-state index < -0.39 is 0 Å². The summed E-state index contributed by atoms with van der Waals surface area (Å²) < 4.78 is 16.7. The Morgan fingerprint density at radius 1 is 1.25 bits per heavy atom. The number of nitrogens with one attached hydrogen (secondary N) is 1. The Hall–Kier alpha value is -0.850. The second-order valence-electron chi connectivity index (χ2n) is 6.80. The Bertz CT molecular complexity index is 353. The number of hydrogen-bond donors (Lipinski definition) is 1. The molecule has 0 aromatic carbocycles. The highest BCUT2D eigenvalue weighted by atomic mass is 16.5. The van der Waals surface area contributed by atoms with Crippen LogP contribution in [0, 0.1) is 5.92 Å². The molecule has 6 heteroatoms. The molecule has 2 fully saturated rings. The van der Waals surface area contributed by atoms with E-state index in [1.165, 1.54) is 25.7 Å². The molecule has 0 amide bonds. The molecule has 0 aromatic rings. The highest BCUT2D eigenvalue weighted by molar-refractivity contribution is 5.79. The Kier molecular flexibility index (Phi) is 9.46. The van der Waals surface area contributed by atoms with E-state index in [0.29, 0.717) is 6.10 Å². The van der Waals surface area contributed by atoms with E-state index in [-0.39, 0.29) is 0 Å². The Labute approximate surface area is 146 Å². The van der Waals surface area contributed by atoms with E-state index in [1.54, 1.807) is 0 Å².